The summed E-state index contributed by atoms with van der Waals surface area (Å²) in [5, 5.41) is 3.71. The Labute approximate surface area is 182 Å². The van der Waals surface area contributed by atoms with Gasteiger partial charge < -0.3 is 19.6 Å². The minimum absolute atomic E-state index is 0.270. The first kappa shape index (κ1) is 18.1. The van der Waals surface area contributed by atoms with Crippen molar-refractivity contribution in [3.63, 3.8) is 0 Å². The normalized spacial score (nSPS) is 17.6. The molecule has 2 aliphatic rings. The summed E-state index contributed by atoms with van der Waals surface area (Å²) in [6.45, 7) is 1.22. The van der Waals surface area contributed by atoms with Crippen LogP contribution < -0.4 is 20.5 Å². The van der Waals surface area contributed by atoms with E-state index in [1.54, 1.807) is 0 Å². The SMILES string of the molecule is NC1=NC(c2ccc(-c3ccc(Cl)cc3)o2)n2c(nc3cc4c(cc32)OCCCO4)N1. The van der Waals surface area contributed by atoms with Gasteiger partial charge in [0.05, 0.1) is 24.2 Å². The predicted octanol–water partition coefficient (Wildman–Crippen LogP) is 4.40. The number of hydrogen-bond acceptors (Lipinski definition) is 7. The molecule has 0 saturated carbocycles. The molecule has 1 unspecified atom stereocenters. The van der Waals surface area contributed by atoms with E-state index in [1.807, 2.05) is 53.1 Å². The fourth-order valence-corrected chi connectivity index (χ4v) is 4.00. The van der Waals surface area contributed by atoms with Crippen LogP contribution in [0.15, 0.2) is 57.9 Å². The van der Waals surface area contributed by atoms with E-state index in [1.165, 1.54) is 0 Å². The number of rotatable bonds is 2. The Morgan fingerprint density at radius 2 is 1.81 bits per heavy atom. The van der Waals surface area contributed by atoms with Crippen molar-refractivity contribution in [3.8, 4) is 22.8 Å². The van der Waals surface area contributed by atoms with Gasteiger partial charge in [0.1, 0.15) is 11.5 Å². The van der Waals surface area contributed by atoms with Crippen LogP contribution in [0.1, 0.15) is 18.3 Å². The second-order valence-electron chi connectivity index (χ2n) is 7.37. The van der Waals surface area contributed by atoms with Crippen molar-refractivity contribution in [2.24, 2.45) is 10.7 Å². The van der Waals surface area contributed by atoms with Gasteiger partial charge in [-0.3, -0.25) is 9.88 Å². The van der Waals surface area contributed by atoms with Gasteiger partial charge in [0.2, 0.25) is 5.95 Å². The molecule has 8 nitrogen and oxygen atoms in total. The van der Waals surface area contributed by atoms with Gasteiger partial charge in [-0.25, -0.2) is 9.98 Å². The van der Waals surface area contributed by atoms with Crippen molar-refractivity contribution >= 4 is 34.5 Å². The Balaban J connectivity index is 1.46. The number of anilines is 1. The molecule has 3 N–H and O–H groups in total. The number of hydrogen-bond donors (Lipinski definition) is 2. The average molecular weight is 436 g/mol. The van der Waals surface area contributed by atoms with Gasteiger partial charge in [0.15, 0.2) is 23.6 Å². The molecular formula is C22H18ClN5O3. The van der Waals surface area contributed by atoms with Crippen molar-refractivity contribution in [2.45, 2.75) is 12.6 Å². The number of imidazole rings is 1. The van der Waals surface area contributed by atoms with Crippen molar-refractivity contribution in [1.29, 1.82) is 0 Å². The standard InChI is InChI=1S/C22H18ClN5O3/c23-13-4-2-12(3-5-13)16-6-7-17(31-16)20-26-21(24)27-22-25-14-10-18-19(11-15(14)28(20)22)30-9-1-8-29-18/h2-7,10-11,20H,1,8-9H2,(H3,24,25,26,27). The maximum absolute atomic E-state index is 6.17. The number of aromatic nitrogens is 2. The van der Waals surface area contributed by atoms with Crippen molar-refractivity contribution in [1.82, 2.24) is 9.55 Å². The molecular weight excluding hydrogens is 418 g/mol. The van der Waals surface area contributed by atoms with E-state index in [2.05, 4.69) is 10.3 Å². The van der Waals surface area contributed by atoms with Crippen molar-refractivity contribution < 1.29 is 13.9 Å². The smallest absolute Gasteiger partial charge is 0.212 e. The number of furan rings is 1. The highest BCUT2D eigenvalue weighted by molar-refractivity contribution is 6.30. The molecule has 0 fully saturated rings. The molecule has 9 heteroatoms. The highest BCUT2D eigenvalue weighted by Crippen LogP contribution is 2.39. The van der Waals surface area contributed by atoms with Crippen LogP contribution in [0.3, 0.4) is 0 Å². The van der Waals surface area contributed by atoms with Gasteiger partial charge in [0.25, 0.3) is 0 Å². The number of benzene rings is 2. The van der Waals surface area contributed by atoms with E-state index in [0.29, 0.717) is 41.4 Å². The van der Waals surface area contributed by atoms with Crippen LogP contribution in [0.4, 0.5) is 5.95 Å². The average Bonchev–Trinajstić information content (AvgIpc) is 3.31. The van der Waals surface area contributed by atoms with E-state index in [-0.39, 0.29) is 5.96 Å². The van der Waals surface area contributed by atoms with Crippen molar-refractivity contribution in [2.75, 3.05) is 18.5 Å². The van der Waals surface area contributed by atoms with Gasteiger partial charge in [-0.05, 0) is 36.4 Å². The molecule has 31 heavy (non-hydrogen) atoms. The summed E-state index contributed by atoms with van der Waals surface area (Å²) in [4.78, 5) is 9.28. The number of nitrogens with one attached hydrogen (secondary N) is 1. The van der Waals surface area contributed by atoms with Gasteiger partial charge in [-0.1, -0.05) is 11.6 Å². The monoisotopic (exact) mass is 435 g/mol. The molecule has 4 heterocycles. The first-order valence-corrected chi connectivity index (χ1v) is 10.3. The summed E-state index contributed by atoms with van der Waals surface area (Å²) in [6, 6.07) is 15.1. The number of aliphatic imine (C=N–C) groups is 1. The molecule has 0 aliphatic carbocycles. The summed E-state index contributed by atoms with van der Waals surface area (Å²) in [5.74, 6) is 3.59. The summed E-state index contributed by atoms with van der Waals surface area (Å²) in [7, 11) is 0. The molecule has 2 aromatic heterocycles. The molecule has 0 saturated heterocycles. The first-order chi connectivity index (χ1) is 15.2. The zero-order valence-electron chi connectivity index (χ0n) is 16.3. The molecule has 0 bridgehead atoms. The second-order valence-corrected chi connectivity index (χ2v) is 7.80. The highest BCUT2D eigenvalue weighted by atomic mass is 35.5. The van der Waals surface area contributed by atoms with E-state index >= 15 is 0 Å². The van der Waals surface area contributed by atoms with E-state index < -0.39 is 6.17 Å². The molecule has 0 amide bonds. The van der Waals surface area contributed by atoms with Gasteiger partial charge in [0, 0.05) is 29.1 Å². The highest BCUT2D eigenvalue weighted by Gasteiger charge is 2.29. The van der Waals surface area contributed by atoms with Crippen LogP contribution in [0.25, 0.3) is 22.4 Å². The number of nitrogens with zero attached hydrogens (tertiary/aromatic N) is 3. The minimum Gasteiger partial charge on any atom is -0.489 e. The molecule has 2 aliphatic heterocycles. The van der Waals surface area contributed by atoms with Crippen LogP contribution in [0.5, 0.6) is 11.5 Å². The lowest BCUT2D eigenvalue weighted by Crippen LogP contribution is -2.31. The number of ether oxygens (including phenoxy) is 2. The number of fused-ring (bicyclic) bond motifs is 4. The molecule has 6 rings (SSSR count). The Kier molecular flexibility index (Phi) is 4.07. The number of guanidine groups is 1. The minimum atomic E-state index is -0.507. The van der Waals surface area contributed by atoms with Crippen LogP contribution in [0, 0.1) is 0 Å². The molecule has 0 spiro atoms. The quantitative estimate of drug-likeness (QED) is 0.484. The predicted molar refractivity (Wildman–Crippen MR) is 118 cm³/mol. The van der Waals surface area contributed by atoms with Gasteiger partial charge in [-0.15, -0.1) is 0 Å². The van der Waals surface area contributed by atoms with Crippen LogP contribution in [0.2, 0.25) is 5.02 Å². The van der Waals surface area contributed by atoms with Crippen LogP contribution >= 0.6 is 11.6 Å². The van der Waals surface area contributed by atoms with Crippen LogP contribution in [-0.4, -0.2) is 28.7 Å². The Morgan fingerprint density at radius 3 is 2.61 bits per heavy atom. The maximum Gasteiger partial charge on any atom is 0.212 e. The molecule has 1 atom stereocenters. The third kappa shape index (κ3) is 3.07. The second kappa shape index (κ2) is 6.95. The molecule has 2 aromatic carbocycles. The summed E-state index contributed by atoms with van der Waals surface area (Å²) >= 11 is 6.00. The third-order valence-electron chi connectivity index (χ3n) is 5.31. The summed E-state index contributed by atoms with van der Waals surface area (Å²) in [5.41, 5.74) is 8.58. The van der Waals surface area contributed by atoms with Gasteiger partial charge >= 0.3 is 0 Å². The first-order valence-electron chi connectivity index (χ1n) is 9.93. The molecule has 156 valence electrons. The Hall–Kier alpha value is -3.65. The molecule has 4 aromatic rings. The summed E-state index contributed by atoms with van der Waals surface area (Å²) in [6.07, 6.45) is 0.328. The lowest BCUT2D eigenvalue weighted by molar-refractivity contribution is 0.297. The molecule has 0 radical (unpaired) electrons. The number of nitrogens with two attached hydrogens (primary N) is 1. The van der Waals surface area contributed by atoms with E-state index in [9.17, 15) is 0 Å². The Bertz CT molecular complexity index is 1330. The largest absolute Gasteiger partial charge is 0.489 e. The lowest BCUT2D eigenvalue weighted by atomic mass is 10.2. The van der Waals surface area contributed by atoms with Crippen molar-refractivity contribution in [3.05, 3.63) is 59.3 Å². The zero-order valence-corrected chi connectivity index (χ0v) is 17.1. The third-order valence-corrected chi connectivity index (χ3v) is 5.57. The number of halogens is 1. The van der Waals surface area contributed by atoms with E-state index in [0.717, 1.165) is 28.8 Å². The fraction of sp³-hybridized carbons (Fsp3) is 0.182. The maximum atomic E-state index is 6.17. The zero-order chi connectivity index (χ0) is 20.9. The van der Waals surface area contributed by atoms with E-state index in [4.69, 9.17) is 36.2 Å². The summed E-state index contributed by atoms with van der Waals surface area (Å²) < 4.78 is 19.8. The fourth-order valence-electron chi connectivity index (χ4n) is 3.88. The van der Waals surface area contributed by atoms with Gasteiger partial charge in [-0.2, -0.15) is 0 Å². The lowest BCUT2D eigenvalue weighted by Gasteiger charge is -2.22. The van der Waals surface area contributed by atoms with Crippen LogP contribution in [-0.2, 0) is 0 Å². The Morgan fingerprint density at radius 1 is 1.03 bits per heavy atom. The topological polar surface area (TPSA) is 99.8 Å².